The van der Waals surface area contributed by atoms with Gasteiger partial charge in [-0.1, -0.05) is 19.1 Å². The van der Waals surface area contributed by atoms with Gasteiger partial charge in [0.2, 0.25) is 0 Å². The fourth-order valence-electron chi connectivity index (χ4n) is 3.36. The molecule has 0 saturated carbocycles. The van der Waals surface area contributed by atoms with Crippen LogP contribution in [0.25, 0.3) is 0 Å². The summed E-state index contributed by atoms with van der Waals surface area (Å²) in [5.74, 6) is 1.89. The quantitative estimate of drug-likeness (QED) is 0.526. The highest BCUT2D eigenvalue weighted by atomic mass is 15.3. The van der Waals surface area contributed by atoms with E-state index >= 15 is 0 Å². The summed E-state index contributed by atoms with van der Waals surface area (Å²) in [5, 5.41) is 6.67. The molecule has 0 radical (unpaired) electrons. The van der Waals surface area contributed by atoms with E-state index < -0.39 is 0 Å². The first kappa shape index (κ1) is 21.0. The van der Waals surface area contributed by atoms with Crippen molar-refractivity contribution in [1.82, 2.24) is 25.5 Å². The molecule has 3 heterocycles. The summed E-state index contributed by atoms with van der Waals surface area (Å²) in [6, 6.07) is 10.2. The van der Waals surface area contributed by atoms with E-state index in [1.807, 2.05) is 30.6 Å². The van der Waals surface area contributed by atoms with Crippen LogP contribution in [0.15, 0.2) is 47.7 Å². The van der Waals surface area contributed by atoms with E-state index in [0.29, 0.717) is 6.54 Å². The van der Waals surface area contributed by atoms with Gasteiger partial charge in [0.05, 0.1) is 6.54 Å². The Labute approximate surface area is 174 Å². The van der Waals surface area contributed by atoms with Crippen molar-refractivity contribution in [2.75, 3.05) is 50.7 Å². The first-order valence-electron chi connectivity index (χ1n) is 10.6. The second-order valence-electron chi connectivity index (χ2n) is 7.14. The van der Waals surface area contributed by atoms with E-state index in [2.05, 4.69) is 56.4 Å². The zero-order chi connectivity index (χ0) is 20.3. The summed E-state index contributed by atoms with van der Waals surface area (Å²) in [7, 11) is 0. The molecule has 0 atom stereocenters. The first-order chi connectivity index (χ1) is 14.3. The summed E-state index contributed by atoms with van der Waals surface area (Å²) in [4.78, 5) is 18.6. The highest BCUT2D eigenvalue weighted by Crippen LogP contribution is 2.14. The largest absolute Gasteiger partial charge is 0.357 e. The molecule has 2 aromatic heterocycles. The molecular formula is C22H33N7. The second kappa shape index (κ2) is 11.4. The van der Waals surface area contributed by atoms with Crippen LogP contribution in [0.4, 0.5) is 5.82 Å². The number of guanidine groups is 1. The average molecular weight is 396 g/mol. The van der Waals surface area contributed by atoms with Crippen LogP contribution in [0.3, 0.4) is 0 Å². The number of hydrogen-bond acceptors (Lipinski definition) is 5. The number of likely N-dealkylation sites (N-methyl/N-ethyl adjacent to an activating group) is 1. The van der Waals surface area contributed by atoms with Gasteiger partial charge in [0.25, 0.3) is 0 Å². The Morgan fingerprint density at radius 1 is 1.03 bits per heavy atom. The maximum Gasteiger partial charge on any atom is 0.191 e. The van der Waals surface area contributed by atoms with E-state index in [0.717, 1.165) is 75.3 Å². The lowest BCUT2D eigenvalue weighted by Gasteiger charge is -2.34. The number of piperazine rings is 1. The van der Waals surface area contributed by atoms with Gasteiger partial charge in [-0.05, 0) is 37.2 Å². The summed E-state index contributed by atoms with van der Waals surface area (Å²) >= 11 is 0. The number of hydrogen-bond donors (Lipinski definition) is 2. The van der Waals surface area contributed by atoms with Crippen LogP contribution in [-0.2, 0) is 13.0 Å². The van der Waals surface area contributed by atoms with Gasteiger partial charge in [-0.2, -0.15) is 0 Å². The zero-order valence-electron chi connectivity index (χ0n) is 17.6. The van der Waals surface area contributed by atoms with Gasteiger partial charge in [0.1, 0.15) is 5.82 Å². The Morgan fingerprint density at radius 2 is 1.90 bits per heavy atom. The molecule has 29 heavy (non-hydrogen) atoms. The van der Waals surface area contributed by atoms with E-state index in [4.69, 9.17) is 4.99 Å². The minimum absolute atomic E-state index is 0.607. The maximum absolute atomic E-state index is 4.69. The molecule has 1 aliphatic rings. The molecule has 0 bridgehead atoms. The smallest absolute Gasteiger partial charge is 0.191 e. The molecule has 0 spiro atoms. The summed E-state index contributed by atoms with van der Waals surface area (Å²) in [6.45, 7) is 12.0. The van der Waals surface area contributed by atoms with Crippen LogP contribution in [0.1, 0.15) is 25.1 Å². The Hall–Kier alpha value is -2.67. The number of anilines is 1. The number of aliphatic imine (C=N–C) groups is 1. The average Bonchev–Trinajstić information content (AvgIpc) is 2.78. The van der Waals surface area contributed by atoms with E-state index in [1.165, 1.54) is 0 Å². The van der Waals surface area contributed by atoms with Gasteiger partial charge in [-0.25, -0.2) is 9.98 Å². The molecule has 2 aromatic rings. The number of pyridine rings is 2. The first-order valence-corrected chi connectivity index (χ1v) is 10.6. The molecule has 1 saturated heterocycles. The minimum atomic E-state index is 0.607. The van der Waals surface area contributed by atoms with Gasteiger partial charge in [-0.15, -0.1) is 0 Å². The standard InChI is InChI=1S/C22H33N7/c1-3-23-22(25-12-10-20-7-5-6-11-24-20)27-18-19-8-9-21(26-17-19)29-15-13-28(4-2)14-16-29/h5-9,11,17H,3-4,10,12-16,18H2,1-2H3,(H2,23,25,27). The summed E-state index contributed by atoms with van der Waals surface area (Å²) < 4.78 is 0. The van der Waals surface area contributed by atoms with Crippen molar-refractivity contribution in [1.29, 1.82) is 0 Å². The number of nitrogens with zero attached hydrogens (tertiary/aromatic N) is 5. The van der Waals surface area contributed by atoms with Crippen molar-refractivity contribution < 1.29 is 0 Å². The molecule has 1 fully saturated rings. The predicted molar refractivity (Wildman–Crippen MR) is 119 cm³/mol. The molecule has 0 aromatic carbocycles. The predicted octanol–water partition coefficient (Wildman–Crippen LogP) is 1.92. The highest BCUT2D eigenvalue weighted by Gasteiger charge is 2.16. The second-order valence-corrected chi connectivity index (χ2v) is 7.14. The normalized spacial score (nSPS) is 15.4. The molecule has 2 N–H and O–H groups in total. The molecular weight excluding hydrogens is 362 g/mol. The highest BCUT2D eigenvalue weighted by molar-refractivity contribution is 5.79. The van der Waals surface area contributed by atoms with Crippen molar-refractivity contribution in [2.45, 2.75) is 26.8 Å². The minimum Gasteiger partial charge on any atom is -0.357 e. The van der Waals surface area contributed by atoms with Gasteiger partial charge >= 0.3 is 0 Å². The SMILES string of the molecule is CCNC(=NCc1ccc(N2CCN(CC)CC2)nc1)NCCc1ccccn1. The third-order valence-corrected chi connectivity index (χ3v) is 5.12. The van der Waals surface area contributed by atoms with Gasteiger partial charge in [0.15, 0.2) is 5.96 Å². The Morgan fingerprint density at radius 3 is 2.55 bits per heavy atom. The summed E-state index contributed by atoms with van der Waals surface area (Å²) in [5.41, 5.74) is 2.19. The monoisotopic (exact) mass is 395 g/mol. The zero-order valence-corrected chi connectivity index (χ0v) is 17.6. The van der Waals surface area contributed by atoms with Crippen molar-refractivity contribution in [2.24, 2.45) is 4.99 Å². The molecule has 7 nitrogen and oxygen atoms in total. The summed E-state index contributed by atoms with van der Waals surface area (Å²) in [6.07, 6.45) is 4.64. The Bertz CT molecular complexity index is 738. The number of nitrogens with one attached hydrogen (secondary N) is 2. The number of aromatic nitrogens is 2. The molecule has 0 amide bonds. The lowest BCUT2D eigenvalue weighted by atomic mass is 10.2. The number of rotatable bonds is 8. The Balaban J connectivity index is 1.49. The topological polar surface area (TPSA) is 68.7 Å². The molecule has 0 unspecified atom stereocenters. The van der Waals surface area contributed by atoms with Gasteiger partial charge < -0.3 is 20.4 Å². The molecule has 7 heteroatoms. The van der Waals surface area contributed by atoms with Crippen LogP contribution in [-0.4, -0.2) is 66.6 Å². The van der Waals surface area contributed by atoms with Gasteiger partial charge in [0, 0.05) is 63.8 Å². The van der Waals surface area contributed by atoms with Crippen LogP contribution in [0.5, 0.6) is 0 Å². The Kier molecular flexibility index (Phi) is 8.25. The lowest BCUT2D eigenvalue weighted by Crippen LogP contribution is -2.46. The van der Waals surface area contributed by atoms with Gasteiger partial charge in [-0.3, -0.25) is 4.98 Å². The lowest BCUT2D eigenvalue weighted by molar-refractivity contribution is 0.270. The van der Waals surface area contributed by atoms with Crippen LogP contribution in [0.2, 0.25) is 0 Å². The molecule has 156 valence electrons. The van der Waals surface area contributed by atoms with Crippen molar-refractivity contribution in [3.05, 3.63) is 54.0 Å². The van der Waals surface area contributed by atoms with Crippen LogP contribution in [0, 0.1) is 0 Å². The van der Waals surface area contributed by atoms with Crippen molar-refractivity contribution in [3.63, 3.8) is 0 Å². The van der Waals surface area contributed by atoms with Crippen molar-refractivity contribution >= 4 is 11.8 Å². The maximum atomic E-state index is 4.69. The van der Waals surface area contributed by atoms with Crippen LogP contribution < -0.4 is 15.5 Å². The fourth-order valence-corrected chi connectivity index (χ4v) is 3.36. The van der Waals surface area contributed by atoms with E-state index in [1.54, 1.807) is 0 Å². The fraction of sp³-hybridized carbons (Fsp3) is 0.500. The van der Waals surface area contributed by atoms with E-state index in [9.17, 15) is 0 Å². The molecule has 3 rings (SSSR count). The molecule has 0 aliphatic carbocycles. The van der Waals surface area contributed by atoms with E-state index in [-0.39, 0.29) is 0 Å². The molecule has 1 aliphatic heterocycles. The van der Waals surface area contributed by atoms with Crippen molar-refractivity contribution in [3.8, 4) is 0 Å². The third-order valence-electron chi connectivity index (χ3n) is 5.12. The third kappa shape index (κ3) is 6.71. The van der Waals surface area contributed by atoms with Crippen LogP contribution >= 0.6 is 0 Å².